The molecule has 96 valence electrons. The number of fused-ring (bicyclic) bond motifs is 1. The van der Waals surface area contributed by atoms with Crippen LogP contribution in [0.2, 0.25) is 0 Å². The van der Waals surface area contributed by atoms with Crippen molar-refractivity contribution in [2.45, 2.75) is 13.3 Å². The van der Waals surface area contributed by atoms with Gasteiger partial charge in [0.25, 0.3) is 0 Å². The zero-order valence-electron chi connectivity index (χ0n) is 10.6. The minimum absolute atomic E-state index is 0.240. The molecule has 0 fully saturated rings. The minimum Gasteiger partial charge on any atom is -0.399 e. The van der Waals surface area contributed by atoms with Gasteiger partial charge in [0, 0.05) is 17.8 Å². The second kappa shape index (κ2) is 4.39. The molecule has 3 nitrogen and oxygen atoms in total. The first-order chi connectivity index (χ1) is 9.19. The van der Waals surface area contributed by atoms with Crippen LogP contribution in [-0.2, 0) is 6.42 Å². The van der Waals surface area contributed by atoms with Crippen LogP contribution in [0.5, 0.6) is 0 Å². The summed E-state index contributed by atoms with van der Waals surface area (Å²) in [5.74, 6) is 0.697. The molecule has 1 heterocycles. The smallest absolute Gasteiger partial charge is 0.123 e. The number of hydrogen-bond acceptors (Lipinski definition) is 2. The molecule has 0 amide bonds. The molecule has 0 saturated heterocycles. The maximum atomic E-state index is 13.0. The van der Waals surface area contributed by atoms with Crippen LogP contribution in [0.3, 0.4) is 0 Å². The Labute approximate surface area is 110 Å². The molecule has 0 unspecified atom stereocenters. The number of anilines is 1. The molecule has 0 bridgehead atoms. The van der Waals surface area contributed by atoms with Gasteiger partial charge in [0.05, 0.1) is 11.0 Å². The second-order valence-electron chi connectivity index (χ2n) is 4.44. The van der Waals surface area contributed by atoms with Gasteiger partial charge in [-0.1, -0.05) is 6.92 Å². The molecular formula is C15H14FN3. The summed E-state index contributed by atoms with van der Waals surface area (Å²) in [4.78, 5) is 4.58. The molecule has 3 rings (SSSR count). The van der Waals surface area contributed by atoms with Crippen LogP contribution in [0.4, 0.5) is 10.1 Å². The maximum Gasteiger partial charge on any atom is 0.123 e. The Balaban J connectivity index is 2.29. The zero-order chi connectivity index (χ0) is 13.4. The van der Waals surface area contributed by atoms with E-state index in [0.29, 0.717) is 5.69 Å². The van der Waals surface area contributed by atoms with Crippen molar-refractivity contribution in [1.29, 1.82) is 0 Å². The fraction of sp³-hybridized carbons (Fsp3) is 0.133. The molecule has 3 aromatic rings. The summed E-state index contributed by atoms with van der Waals surface area (Å²) < 4.78 is 15.1. The van der Waals surface area contributed by atoms with Crippen molar-refractivity contribution in [2.75, 3.05) is 5.73 Å². The van der Waals surface area contributed by atoms with Gasteiger partial charge in [-0.3, -0.25) is 4.57 Å². The van der Waals surface area contributed by atoms with E-state index < -0.39 is 0 Å². The van der Waals surface area contributed by atoms with Gasteiger partial charge in [0.15, 0.2) is 0 Å². The van der Waals surface area contributed by atoms with Gasteiger partial charge >= 0.3 is 0 Å². The van der Waals surface area contributed by atoms with Crippen LogP contribution in [0.25, 0.3) is 16.7 Å². The summed E-state index contributed by atoms with van der Waals surface area (Å²) in [6.45, 7) is 2.05. The third-order valence-corrected chi connectivity index (χ3v) is 3.15. The number of benzene rings is 2. The van der Waals surface area contributed by atoms with Crippen molar-refractivity contribution in [2.24, 2.45) is 0 Å². The SMILES string of the molecule is CCc1nc2cc(N)ccc2n1-c1ccc(F)cc1. The number of nitrogen functional groups attached to an aromatic ring is 1. The van der Waals surface area contributed by atoms with Gasteiger partial charge in [-0.25, -0.2) is 9.37 Å². The Bertz CT molecular complexity index is 729. The first kappa shape index (κ1) is 11.7. The monoisotopic (exact) mass is 255 g/mol. The van der Waals surface area contributed by atoms with Gasteiger partial charge < -0.3 is 5.73 Å². The summed E-state index contributed by atoms with van der Waals surface area (Å²) >= 11 is 0. The van der Waals surface area contributed by atoms with Gasteiger partial charge in [-0.15, -0.1) is 0 Å². The standard InChI is InChI=1S/C15H14FN3/c1-2-15-18-13-9-11(17)5-8-14(13)19(15)12-6-3-10(16)4-7-12/h3-9H,2,17H2,1H3. The van der Waals surface area contributed by atoms with E-state index >= 15 is 0 Å². The van der Waals surface area contributed by atoms with Crippen LogP contribution < -0.4 is 5.73 Å². The molecule has 0 saturated carbocycles. The number of halogens is 1. The highest BCUT2D eigenvalue weighted by atomic mass is 19.1. The van der Waals surface area contributed by atoms with Crippen LogP contribution in [0.15, 0.2) is 42.5 Å². The van der Waals surface area contributed by atoms with E-state index in [4.69, 9.17) is 5.73 Å². The third kappa shape index (κ3) is 1.95. The van der Waals surface area contributed by atoms with Crippen LogP contribution in [0, 0.1) is 5.82 Å². The summed E-state index contributed by atoms with van der Waals surface area (Å²) in [6.07, 6.45) is 0.798. The van der Waals surface area contributed by atoms with Crippen molar-refractivity contribution in [3.63, 3.8) is 0 Å². The van der Waals surface area contributed by atoms with Crippen molar-refractivity contribution >= 4 is 16.7 Å². The normalized spacial score (nSPS) is 11.1. The predicted molar refractivity (Wildman–Crippen MR) is 74.8 cm³/mol. The highest BCUT2D eigenvalue weighted by Crippen LogP contribution is 2.23. The molecule has 0 aliphatic rings. The number of nitrogens with zero attached hydrogens (tertiary/aromatic N) is 2. The zero-order valence-corrected chi connectivity index (χ0v) is 10.6. The highest BCUT2D eigenvalue weighted by Gasteiger charge is 2.11. The second-order valence-corrected chi connectivity index (χ2v) is 4.44. The van der Waals surface area contributed by atoms with E-state index in [9.17, 15) is 4.39 Å². The lowest BCUT2D eigenvalue weighted by Gasteiger charge is -2.08. The van der Waals surface area contributed by atoms with Crippen molar-refractivity contribution in [3.05, 3.63) is 54.1 Å². The van der Waals surface area contributed by atoms with E-state index in [0.717, 1.165) is 29.0 Å². The predicted octanol–water partition coefficient (Wildman–Crippen LogP) is 3.31. The Kier molecular flexibility index (Phi) is 2.71. The Morgan fingerprint density at radius 2 is 1.89 bits per heavy atom. The molecule has 4 heteroatoms. The third-order valence-electron chi connectivity index (χ3n) is 3.15. The highest BCUT2D eigenvalue weighted by molar-refractivity contribution is 5.81. The lowest BCUT2D eigenvalue weighted by molar-refractivity contribution is 0.627. The Morgan fingerprint density at radius 1 is 1.16 bits per heavy atom. The largest absolute Gasteiger partial charge is 0.399 e. The van der Waals surface area contributed by atoms with Crippen LogP contribution in [0.1, 0.15) is 12.7 Å². The summed E-state index contributed by atoms with van der Waals surface area (Å²) in [7, 11) is 0. The summed E-state index contributed by atoms with van der Waals surface area (Å²) in [5, 5.41) is 0. The van der Waals surface area contributed by atoms with Gasteiger partial charge in [-0.05, 0) is 42.5 Å². The van der Waals surface area contributed by atoms with Crippen LogP contribution in [-0.4, -0.2) is 9.55 Å². The molecule has 0 atom stereocenters. The van der Waals surface area contributed by atoms with E-state index in [2.05, 4.69) is 4.98 Å². The van der Waals surface area contributed by atoms with Gasteiger partial charge in [-0.2, -0.15) is 0 Å². The molecule has 2 aromatic carbocycles. The number of aromatic nitrogens is 2. The number of rotatable bonds is 2. The van der Waals surface area contributed by atoms with Crippen molar-refractivity contribution in [3.8, 4) is 5.69 Å². The lowest BCUT2D eigenvalue weighted by atomic mass is 10.2. The fourth-order valence-electron chi connectivity index (χ4n) is 2.26. The van der Waals surface area contributed by atoms with E-state index in [-0.39, 0.29) is 5.82 Å². The molecule has 0 aliphatic heterocycles. The molecule has 1 aromatic heterocycles. The lowest BCUT2D eigenvalue weighted by Crippen LogP contribution is -1.99. The fourth-order valence-corrected chi connectivity index (χ4v) is 2.26. The average Bonchev–Trinajstić information content (AvgIpc) is 2.77. The summed E-state index contributed by atoms with van der Waals surface area (Å²) in [6, 6.07) is 12.1. The number of imidazole rings is 1. The van der Waals surface area contributed by atoms with Crippen molar-refractivity contribution in [1.82, 2.24) is 9.55 Å². The van der Waals surface area contributed by atoms with E-state index in [1.165, 1.54) is 12.1 Å². The van der Waals surface area contributed by atoms with Gasteiger partial charge in [0.2, 0.25) is 0 Å². The molecular weight excluding hydrogens is 241 g/mol. The average molecular weight is 255 g/mol. The van der Waals surface area contributed by atoms with Crippen molar-refractivity contribution < 1.29 is 4.39 Å². The number of nitrogens with two attached hydrogens (primary N) is 1. The summed E-state index contributed by atoms with van der Waals surface area (Å²) in [5.41, 5.74) is 9.23. The molecule has 0 spiro atoms. The number of hydrogen-bond donors (Lipinski definition) is 1. The van der Waals surface area contributed by atoms with Crippen LogP contribution >= 0.6 is 0 Å². The van der Waals surface area contributed by atoms with E-state index in [1.54, 1.807) is 12.1 Å². The number of aryl methyl sites for hydroxylation is 1. The Hall–Kier alpha value is -2.36. The van der Waals surface area contributed by atoms with E-state index in [1.807, 2.05) is 29.7 Å². The first-order valence-electron chi connectivity index (χ1n) is 6.22. The Morgan fingerprint density at radius 3 is 2.58 bits per heavy atom. The molecule has 19 heavy (non-hydrogen) atoms. The molecule has 2 N–H and O–H groups in total. The quantitative estimate of drug-likeness (QED) is 0.714. The topological polar surface area (TPSA) is 43.8 Å². The maximum absolute atomic E-state index is 13.0. The molecule has 0 radical (unpaired) electrons. The van der Waals surface area contributed by atoms with Gasteiger partial charge in [0.1, 0.15) is 11.6 Å². The minimum atomic E-state index is -0.240. The molecule has 0 aliphatic carbocycles. The first-order valence-corrected chi connectivity index (χ1v) is 6.22.